The first-order chi connectivity index (χ1) is 9.62. The van der Waals surface area contributed by atoms with Gasteiger partial charge in [0.2, 0.25) is 10.0 Å². The molecule has 0 aliphatic carbocycles. The molecule has 2 atom stereocenters. The topological polar surface area (TPSA) is 80.8 Å². The van der Waals surface area contributed by atoms with Crippen LogP contribution in [0.5, 0.6) is 0 Å². The zero-order valence-corrected chi connectivity index (χ0v) is 13.2. The van der Waals surface area contributed by atoms with Gasteiger partial charge in [-0.1, -0.05) is 6.07 Å². The molecule has 0 bridgehead atoms. The minimum atomic E-state index is -4.95. The van der Waals surface area contributed by atoms with Crippen molar-refractivity contribution in [2.45, 2.75) is 35.8 Å². The fourth-order valence-corrected chi connectivity index (χ4v) is 4.45. The number of nitrogens with zero attached hydrogens (tertiary/aromatic N) is 1. The lowest BCUT2D eigenvalue weighted by Crippen LogP contribution is -2.50. The van der Waals surface area contributed by atoms with E-state index in [0.29, 0.717) is 0 Å². The van der Waals surface area contributed by atoms with Crippen molar-refractivity contribution in [1.29, 1.82) is 0 Å². The Morgan fingerprint density at radius 2 is 1.81 bits per heavy atom. The Bertz CT molecular complexity index is 732. The molecule has 9 heteroatoms. The van der Waals surface area contributed by atoms with Gasteiger partial charge in [0.1, 0.15) is 0 Å². The smallest absolute Gasteiger partial charge is 0.332 e. The maximum absolute atomic E-state index is 13.0. The normalized spacial score (nSPS) is 24.9. The Labute approximate surface area is 123 Å². The molecule has 0 aromatic heterocycles. The highest BCUT2D eigenvalue weighted by atomic mass is 32.3. The Hall–Kier alpha value is -1.03. The van der Waals surface area contributed by atoms with Crippen LogP contribution in [0.3, 0.4) is 0 Å². The van der Waals surface area contributed by atoms with E-state index in [2.05, 4.69) is 0 Å². The molecule has 1 saturated heterocycles. The fourth-order valence-electron chi connectivity index (χ4n) is 2.13. The quantitative estimate of drug-likeness (QED) is 0.773. The molecule has 21 heavy (non-hydrogen) atoms. The molecule has 1 heterocycles. The Morgan fingerprint density at radius 3 is 2.43 bits per heavy atom. The molecule has 0 saturated carbocycles. The molecule has 2 unspecified atom stereocenters. The summed E-state index contributed by atoms with van der Waals surface area (Å²) in [7, 11) is -8.85. The van der Waals surface area contributed by atoms with Gasteiger partial charge in [-0.25, -0.2) is 8.42 Å². The molecule has 1 fully saturated rings. The molecule has 0 spiro atoms. The summed E-state index contributed by atoms with van der Waals surface area (Å²) in [6.07, 6.45) is -0.260. The van der Waals surface area contributed by atoms with E-state index < -0.39 is 25.1 Å². The Balaban J connectivity index is 2.44. The first-order valence-corrected chi connectivity index (χ1v) is 9.13. The molecule has 1 aliphatic rings. The van der Waals surface area contributed by atoms with Gasteiger partial charge in [0, 0.05) is 12.6 Å². The molecule has 1 aromatic carbocycles. The van der Waals surface area contributed by atoms with E-state index in [4.69, 9.17) is 4.74 Å². The fraction of sp³-hybridized carbons (Fsp3) is 0.500. The number of benzene rings is 1. The highest BCUT2D eigenvalue weighted by molar-refractivity contribution is 7.89. The van der Waals surface area contributed by atoms with E-state index in [0.717, 1.165) is 12.1 Å². The summed E-state index contributed by atoms with van der Waals surface area (Å²) in [6, 6.07) is 3.92. The second kappa shape index (κ2) is 5.64. The number of ether oxygens (including phenoxy) is 1. The second-order valence-corrected chi connectivity index (χ2v) is 8.22. The van der Waals surface area contributed by atoms with Crippen LogP contribution in [0.4, 0.5) is 3.89 Å². The van der Waals surface area contributed by atoms with Gasteiger partial charge in [-0.2, -0.15) is 12.7 Å². The van der Waals surface area contributed by atoms with E-state index >= 15 is 0 Å². The standard InChI is InChI=1S/C12H16FNO5S2/c1-9-8-19-10(2)7-14(9)21(17,18)12-5-3-4-11(6-12)20(13,15)16/h3-6,9-10H,7-8H2,1-2H3. The van der Waals surface area contributed by atoms with Crippen LogP contribution in [0, 0.1) is 0 Å². The van der Waals surface area contributed by atoms with Crippen molar-refractivity contribution in [3.63, 3.8) is 0 Å². The van der Waals surface area contributed by atoms with E-state index in [-0.39, 0.29) is 30.2 Å². The molecule has 0 N–H and O–H groups in total. The molecule has 0 amide bonds. The van der Waals surface area contributed by atoms with E-state index in [1.54, 1.807) is 13.8 Å². The summed E-state index contributed by atoms with van der Waals surface area (Å²) in [5.41, 5.74) is 0. The lowest BCUT2D eigenvalue weighted by molar-refractivity contribution is -0.0170. The average Bonchev–Trinajstić information content (AvgIpc) is 2.40. The van der Waals surface area contributed by atoms with Gasteiger partial charge in [-0.15, -0.1) is 3.89 Å². The third-order valence-electron chi connectivity index (χ3n) is 3.24. The Kier molecular flexibility index (Phi) is 4.39. The summed E-state index contributed by atoms with van der Waals surface area (Å²) in [4.78, 5) is -0.917. The molecule has 1 aliphatic heterocycles. The van der Waals surface area contributed by atoms with Crippen molar-refractivity contribution in [3.05, 3.63) is 24.3 Å². The highest BCUT2D eigenvalue weighted by Crippen LogP contribution is 2.24. The summed E-state index contributed by atoms with van der Waals surface area (Å²) in [6.45, 7) is 3.85. The zero-order valence-electron chi connectivity index (χ0n) is 11.6. The molecular formula is C12H16FNO5S2. The van der Waals surface area contributed by atoms with E-state index in [1.807, 2.05) is 0 Å². The second-order valence-electron chi connectivity index (χ2n) is 4.98. The van der Waals surface area contributed by atoms with Crippen LogP contribution in [0.15, 0.2) is 34.1 Å². The van der Waals surface area contributed by atoms with Crippen molar-refractivity contribution in [3.8, 4) is 0 Å². The van der Waals surface area contributed by atoms with Gasteiger partial charge in [-0.3, -0.25) is 0 Å². The number of rotatable bonds is 3. The van der Waals surface area contributed by atoms with Crippen LogP contribution in [0.25, 0.3) is 0 Å². The van der Waals surface area contributed by atoms with Crippen LogP contribution in [-0.2, 0) is 25.0 Å². The first kappa shape index (κ1) is 16.3. The van der Waals surface area contributed by atoms with Crippen LogP contribution >= 0.6 is 0 Å². The molecule has 2 rings (SSSR count). The lowest BCUT2D eigenvalue weighted by atomic mass is 10.2. The third-order valence-corrected chi connectivity index (χ3v) is 6.04. The number of morpholine rings is 1. The van der Waals surface area contributed by atoms with Crippen molar-refractivity contribution < 1.29 is 25.5 Å². The van der Waals surface area contributed by atoms with Gasteiger partial charge in [0.05, 0.1) is 22.5 Å². The maximum atomic E-state index is 13.0. The van der Waals surface area contributed by atoms with Crippen molar-refractivity contribution in [1.82, 2.24) is 4.31 Å². The van der Waals surface area contributed by atoms with Crippen LogP contribution < -0.4 is 0 Å². The van der Waals surface area contributed by atoms with Gasteiger partial charge >= 0.3 is 10.2 Å². The molecular weight excluding hydrogens is 321 g/mol. The largest absolute Gasteiger partial charge is 0.375 e. The molecule has 118 valence electrons. The summed E-state index contributed by atoms with van der Waals surface area (Å²) >= 11 is 0. The zero-order chi connectivity index (χ0) is 15.8. The van der Waals surface area contributed by atoms with Crippen molar-refractivity contribution in [2.24, 2.45) is 0 Å². The summed E-state index contributed by atoms with van der Waals surface area (Å²) < 4.78 is 66.6. The number of sulfonamides is 1. The third kappa shape index (κ3) is 3.42. The lowest BCUT2D eigenvalue weighted by Gasteiger charge is -2.35. The van der Waals surface area contributed by atoms with Gasteiger partial charge in [-0.05, 0) is 32.0 Å². The van der Waals surface area contributed by atoms with Crippen molar-refractivity contribution >= 4 is 20.2 Å². The molecule has 0 radical (unpaired) electrons. The van der Waals surface area contributed by atoms with Crippen LogP contribution in [0.1, 0.15) is 13.8 Å². The average molecular weight is 337 g/mol. The molecule has 6 nitrogen and oxygen atoms in total. The minimum absolute atomic E-state index is 0.163. The Morgan fingerprint density at radius 1 is 1.19 bits per heavy atom. The maximum Gasteiger partial charge on any atom is 0.332 e. The van der Waals surface area contributed by atoms with E-state index in [1.165, 1.54) is 16.4 Å². The van der Waals surface area contributed by atoms with Gasteiger partial charge in [0.25, 0.3) is 0 Å². The summed E-state index contributed by atoms with van der Waals surface area (Å²) in [5.74, 6) is 0. The monoisotopic (exact) mass is 337 g/mol. The minimum Gasteiger partial charge on any atom is -0.375 e. The van der Waals surface area contributed by atoms with Crippen molar-refractivity contribution in [2.75, 3.05) is 13.2 Å². The highest BCUT2D eigenvalue weighted by Gasteiger charge is 2.34. The predicted octanol–water partition coefficient (Wildman–Crippen LogP) is 1.14. The number of halogens is 1. The van der Waals surface area contributed by atoms with Crippen LogP contribution in [0.2, 0.25) is 0 Å². The van der Waals surface area contributed by atoms with E-state index in [9.17, 15) is 20.7 Å². The SMILES string of the molecule is CC1CN(S(=O)(=O)c2cccc(S(=O)(=O)F)c2)C(C)CO1. The predicted molar refractivity (Wildman–Crippen MR) is 73.5 cm³/mol. The van der Waals surface area contributed by atoms with Crippen LogP contribution in [-0.4, -0.2) is 46.4 Å². The van der Waals surface area contributed by atoms with Gasteiger partial charge < -0.3 is 4.74 Å². The number of hydrogen-bond acceptors (Lipinski definition) is 5. The van der Waals surface area contributed by atoms with Gasteiger partial charge in [0.15, 0.2) is 0 Å². The summed E-state index contributed by atoms with van der Waals surface area (Å²) in [5, 5.41) is 0. The number of hydrogen-bond donors (Lipinski definition) is 0. The molecule has 1 aromatic rings. The first-order valence-electron chi connectivity index (χ1n) is 6.30.